The molecule has 2 heterocycles. The van der Waals surface area contributed by atoms with E-state index < -0.39 is 0 Å². The van der Waals surface area contributed by atoms with Crippen molar-refractivity contribution in [1.29, 1.82) is 0 Å². The Balaban J connectivity index is 1.88. The van der Waals surface area contributed by atoms with Crippen LogP contribution in [0, 0.1) is 0 Å². The highest BCUT2D eigenvalue weighted by Crippen LogP contribution is 2.17. The maximum absolute atomic E-state index is 5.83. The fourth-order valence-electron chi connectivity index (χ4n) is 2.83. The molecule has 1 saturated heterocycles. The molecule has 0 spiro atoms. The number of hydrogen-bond donors (Lipinski definition) is 1. The van der Waals surface area contributed by atoms with Crippen LogP contribution < -0.4 is 10.5 Å². The largest absolute Gasteiger partial charge is 0.481 e. The monoisotopic (exact) mass is 278 g/mol. The number of nitrogens with zero attached hydrogens (tertiary/aromatic N) is 3. The topological polar surface area (TPSA) is 54.6 Å². The zero-order chi connectivity index (χ0) is 14.4. The summed E-state index contributed by atoms with van der Waals surface area (Å²) in [5.41, 5.74) is 6.99. The number of hydrogen-bond acceptors (Lipinski definition) is 5. The lowest BCUT2D eigenvalue weighted by Crippen LogP contribution is -2.51. The molecule has 2 N–H and O–H groups in total. The fourth-order valence-corrected chi connectivity index (χ4v) is 2.83. The zero-order valence-corrected chi connectivity index (χ0v) is 12.6. The third-order valence-corrected chi connectivity index (χ3v) is 4.10. The molecule has 5 nitrogen and oxygen atoms in total. The molecule has 5 heteroatoms. The smallest absolute Gasteiger partial charge is 0.217 e. The SMILES string of the molecule is CCC(CN)N1CCN(Cc2cccnc2OC)CC1. The Kier molecular flexibility index (Phi) is 5.76. The van der Waals surface area contributed by atoms with Crippen molar-refractivity contribution in [2.24, 2.45) is 5.73 Å². The van der Waals surface area contributed by atoms with Crippen molar-refractivity contribution in [3.8, 4) is 5.88 Å². The minimum Gasteiger partial charge on any atom is -0.481 e. The lowest BCUT2D eigenvalue weighted by molar-refractivity contribution is 0.0920. The second-order valence-corrected chi connectivity index (χ2v) is 5.28. The molecule has 0 radical (unpaired) electrons. The average Bonchev–Trinajstić information content (AvgIpc) is 2.51. The van der Waals surface area contributed by atoms with E-state index in [0.717, 1.165) is 57.1 Å². The predicted molar refractivity (Wildman–Crippen MR) is 80.8 cm³/mol. The highest BCUT2D eigenvalue weighted by Gasteiger charge is 2.22. The van der Waals surface area contributed by atoms with E-state index in [2.05, 4.69) is 27.8 Å². The van der Waals surface area contributed by atoms with E-state index in [1.807, 2.05) is 6.07 Å². The van der Waals surface area contributed by atoms with Crippen molar-refractivity contribution in [2.45, 2.75) is 25.9 Å². The zero-order valence-electron chi connectivity index (χ0n) is 12.6. The van der Waals surface area contributed by atoms with Gasteiger partial charge in [-0.25, -0.2) is 4.98 Å². The van der Waals surface area contributed by atoms with E-state index in [1.165, 1.54) is 0 Å². The van der Waals surface area contributed by atoms with Crippen LogP contribution in [0.2, 0.25) is 0 Å². The quantitative estimate of drug-likeness (QED) is 0.839. The van der Waals surface area contributed by atoms with Gasteiger partial charge >= 0.3 is 0 Å². The first-order chi connectivity index (χ1) is 9.78. The second-order valence-electron chi connectivity index (χ2n) is 5.28. The molecule has 0 amide bonds. The van der Waals surface area contributed by atoms with Crippen LogP contribution in [0.4, 0.5) is 0 Å². The van der Waals surface area contributed by atoms with E-state index in [-0.39, 0.29) is 0 Å². The first-order valence-corrected chi connectivity index (χ1v) is 7.42. The highest BCUT2D eigenvalue weighted by atomic mass is 16.5. The molecule has 0 aromatic carbocycles. The number of rotatable bonds is 6. The molecule has 0 saturated carbocycles. The molecule has 112 valence electrons. The van der Waals surface area contributed by atoms with Gasteiger partial charge in [0.1, 0.15) is 0 Å². The van der Waals surface area contributed by atoms with Gasteiger partial charge in [0.25, 0.3) is 0 Å². The van der Waals surface area contributed by atoms with Gasteiger partial charge in [-0.05, 0) is 12.5 Å². The Morgan fingerprint density at radius 1 is 1.35 bits per heavy atom. The van der Waals surface area contributed by atoms with Gasteiger partial charge < -0.3 is 10.5 Å². The maximum atomic E-state index is 5.83. The summed E-state index contributed by atoms with van der Waals surface area (Å²) in [5.74, 6) is 0.739. The standard InChI is InChI=1S/C15H26N4O/c1-3-14(11-16)19-9-7-18(8-10-19)12-13-5-4-6-17-15(13)20-2/h4-6,14H,3,7-12,16H2,1-2H3. The average molecular weight is 278 g/mol. The van der Waals surface area contributed by atoms with Crippen molar-refractivity contribution in [3.63, 3.8) is 0 Å². The van der Waals surface area contributed by atoms with Gasteiger partial charge in [-0.1, -0.05) is 13.0 Å². The Morgan fingerprint density at radius 2 is 2.10 bits per heavy atom. The minimum absolute atomic E-state index is 0.532. The molecule has 1 aromatic heterocycles. The summed E-state index contributed by atoms with van der Waals surface area (Å²) in [7, 11) is 1.68. The number of nitrogens with two attached hydrogens (primary N) is 1. The lowest BCUT2D eigenvalue weighted by Gasteiger charge is -2.38. The van der Waals surface area contributed by atoms with Gasteiger partial charge in [-0.15, -0.1) is 0 Å². The molecular formula is C15H26N4O. The summed E-state index contributed by atoms with van der Waals surface area (Å²) in [5, 5.41) is 0. The molecule has 20 heavy (non-hydrogen) atoms. The summed E-state index contributed by atoms with van der Waals surface area (Å²) in [6.45, 7) is 8.22. The van der Waals surface area contributed by atoms with Crippen LogP contribution in [0.25, 0.3) is 0 Å². The van der Waals surface area contributed by atoms with Crippen LogP contribution in [0.1, 0.15) is 18.9 Å². The normalized spacial score (nSPS) is 18.9. The molecule has 1 fully saturated rings. The molecular weight excluding hydrogens is 252 g/mol. The van der Waals surface area contributed by atoms with Crippen molar-refractivity contribution in [1.82, 2.24) is 14.8 Å². The Morgan fingerprint density at radius 3 is 2.70 bits per heavy atom. The summed E-state index contributed by atoms with van der Waals surface area (Å²) in [6, 6.07) is 4.59. The van der Waals surface area contributed by atoms with Gasteiger partial charge in [-0.2, -0.15) is 0 Å². The number of methoxy groups -OCH3 is 1. The molecule has 0 aliphatic carbocycles. The second kappa shape index (κ2) is 7.57. The van der Waals surface area contributed by atoms with E-state index >= 15 is 0 Å². The maximum Gasteiger partial charge on any atom is 0.217 e. The Hall–Kier alpha value is -1.17. The van der Waals surface area contributed by atoms with Crippen LogP contribution >= 0.6 is 0 Å². The Bertz CT molecular complexity index is 401. The van der Waals surface area contributed by atoms with Gasteiger partial charge in [0, 0.05) is 57.1 Å². The first-order valence-electron chi connectivity index (χ1n) is 7.42. The van der Waals surface area contributed by atoms with Crippen LogP contribution in [-0.2, 0) is 6.54 Å². The summed E-state index contributed by atoms with van der Waals surface area (Å²) in [4.78, 5) is 9.23. The van der Waals surface area contributed by atoms with E-state index in [4.69, 9.17) is 10.5 Å². The van der Waals surface area contributed by atoms with Crippen molar-refractivity contribution in [3.05, 3.63) is 23.9 Å². The van der Waals surface area contributed by atoms with E-state index in [9.17, 15) is 0 Å². The number of piperazine rings is 1. The van der Waals surface area contributed by atoms with Crippen LogP contribution in [-0.4, -0.2) is 60.7 Å². The molecule has 1 atom stereocenters. The highest BCUT2D eigenvalue weighted by molar-refractivity contribution is 5.25. The molecule has 0 bridgehead atoms. The van der Waals surface area contributed by atoms with Gasteiger partial charge in [0.2, 0.25) is 5.88 Å². The Labute approximate surface area is 121 Å². The third kappa shape index (κ3) is 3.69. The molecule has 1 aliphatic rings. The predicted octanol–water partition coefficient (Wildman–Crippen LogP) is 0.945. The number of aromatic nitrogens is 1. The summed E-state index contributed by atoms with van der Waals surface area (Å²) in [6.07, 6.45) is 2.90. The lowest BCUT2D eigenvalue weighted by atomic mass is 10.1. The molecule has 1 aromatic rings. The first kappa shape index (κ1) is 15.2. The third-order valence-electron chi connectivity index (χ3n) is 4.10. The number of ether oxygens (including phenoxy) is 1. The van der Waals surface area contributed by atoms with Crippen molar-refractivity contribution < 1.29 is 4.74 Å². The van der Waals surface area contributed by atoms with Gasteiger partial charge in [0.05, 0.1) is 7.11 Å². The fraction of sp³-hybridized carbons (Fsp3) is 0.667. The van der Waals surface area contributed by atoms with Crippen LogP contribution in [0.5, 0.6) is 5.88 Å². The van der Waals surface area contributed by atoms with Crippen LogP contribution in [0.3, 0.4) is 0 Å². The number of pyridine rings is 1. The molecule has 1 aliphatic heterocycles. The molecule has 1 unspecified atom stereocenters. The van der Waals surface area contributed by atoms with Crippen molar-refractivity contribution >= 4 is 0 Å². The van der Waals surface area contributed by atoms with Crippen LogP contribution in [0.15, 0.2) is 18.3 Å². The van der Waals surface area contributed by atoms with Gasteiger partial charge in [-0.3, -0.25) is 9.80 Å². The van der Waals surface area contributed by atoms with Gasteiger partial charge in [0.15, 0.2) is 0 Å². The summed E-state index contributed by atoms with van der Waals surface area (Å²) >= 11 is 0. The van der Waals surface area contributed by atoms with E-state index in [1.54, 1.807) is 13.3 Å². The minimum atomic E-state index is 0.532. The van der Waals surface area contributed by atoms with Crippen molar-refractivity contribution in [2.75, 3.05) is 39.8 Å². The molecule has 2 rings (SSSR count). The van der Waals surface area contributed by atoms with E-state index in [0.29, 0.717) is 6.04 Å². The summed E-state index contributed by atoms with van der Waals surface area (Å²) < 4.78 is 5.32.